The Kier molecular flexibility index (Phi) is 6.34. The fraction of sp³-hybridized carbons (Fsp3) is 0.409. The number of rotatable bonds is 5. The molecule has 2 aromatic carbocycles. The number of ether oxygens (including phenoxy) is 1. The molecule has 6 nitrogen and oxygen atoms in total. The number of piperidine rings is 1. The van der Waals surface area contributed by atoms with Crippen LogP contribution in [0.4, 0.5) is 5.69 Å². The summed E-state index contributed by atoms with van der Waals surface area (Å²) in [5.74, 6) is 0.582. The van der Waals surface area contributed by atoms with E-state index in [2.05, 4.69) is 15.9 Å². The minimum absolute atomic E-state index is 0.00929. The summed E-state index contributed by atoms with van der Waals surface area (Å²) in [6.45, 7) is 2.17. The lowest BCUT2D eigenvalue weighted by Gasteiger charge is -2.38. The van der Waals surface area contributed by atoms with Crippen molar-refractivity contribution in [1.82, 2.24) is 4.90 Å². The van der Waals surface area contributed by atoms with Crippen LogP contribution in [0.5, 0.6) is 5.75 Å². The fourth-order valence-electron chi connectivity index (χ4n) is 3.96. The first kappa shape index (κ1) is 21.2. The summed E-state index contributed by atoms with van der Waals surface area (Å²) in [6, 6.07) is 14.2. The molecule has 0 N–H and O–H groups in total. The van der Waals surface area contributed by atoms with Crippen LogP contribution in [0.3, 0.4) is 0 Å². The second kappa shape index (κ2) is 8.98. The summed E-state index contributed by atoms with van der Waals surface area (Å²) in [4.78, 5) is 17.1. The number of carbonyl (C=O) groups excluding carboxylic acids is 1. The number of likely N-dealkylation sites (tertiary alicyclic amines) is 1. The van der Waals surface area contributed by atoms with Gasteiger partial charge in [-0.05, 0) is 55.7 Å². The molecular weight excluding hydrogens is 468 g/mol. The second-order valence-corrected chi connectivity index (χ2v) is 10.7. The van der Waals surface area contributed by atoms with Crippen molar-refractivity contribution in [2.45, 2.75) is 30.3 Å². The first-order valence-electron chi connectivity index (χ1n) is 10.2. The van der Waals surface area contributed by atoms with Crippen molar-refractivity contribution >= 4 is 37.4 Å². The highest BCUT2D eigenvalue weighted by Crippen LogP contribution is 2.33. The lowest BCUT2D eigenvalue weighted by molar-refractivity contribution is -0.139. The Morgan fingerprint density at radius 2 is 1.73 bits per heavy atom. The van der Waals surface area contributed by atoms with Crippen molar-refractivity contribution in [3.63, 3.8) is 0 Å². The van der Waals surface area contributed by atoms with E-state index in [0.717, 1.165) is 42.5 Å². The van der Waals surface area contributed by atoms with Crippen molar-refractivity contribution in [2.24, 2.45) is 0 Å². The lowest BCUT2D eigenvalue weighted by Crippen LogP contribution is -2.52. The van der Waals surface area contributed by atoms with Crippen LogP contribution in [0.15, 0.2) is 57.9 Å². The topological polar surface area (TPSA) is 66.9 Å². The van der Waals surface area contributed by atoms with E-state index in [1.54, 1.807) is 24.3 Å². The van der Waals surface area contributed by atoms with Gasteiger partial charge in [-0.1, -0.05) is 28.1 Å². The van der Waals surface area contributed by atoms with Gasteiger partial charge in [-0.2, -0.15) is 0 Å². The van der Waals surface area contributed by atoms with Crippen LogP contribution in [0.25, 0.3) is 0 Å². The first-order valence-corrected chi connectivity index (χ1v) is 12.7. The van der Waals surface area contributed by atoms with Crippen molar-refractivity contribution in [3.8, 4) is 5.75 Å². The number of hydrogen-bond acceptors (Lipinski definition) is 5. The Labute approximate surface area is 185 Å². The predicted octanol–water partition coefficient (Wildman–Crippen LogP) is 3.50. The maximum Gasteiger partial charge on any atom is 0.265 e. The van der Waals surface area contributed by atoms with Gasteiger partial charge >= 0.3 is 0 Å². The van der Waals surface area contributed by atoms with Crippen LogP contribution < -0.4 is 9.64 Å². The molecule has 30 heavy (non-hydrogen) atoms. The van der Waals surface area contributed by atoms with Gasteiger partial charge in [0.15, 0.2) is 15.9 Å². The minimum atomic E-state index is -3.44. The van der Waals surface area contributed by atoms with E-state index in [0.29, 0.717) is 23.7 Å². The summed E-state index contributed by atoms with van der Waals surface area (Å²) >= 11 is 3.33. The molecule has 1 unspecified atom stereocenters. The summed E-state index contributed by atoms with van der Waals surface area (Å²) in [5, 5.41) is 0. The zero-order valence-electron chi connectivity index (χ0n) is 16.7. The highest BCUT2D eigenvalue weighted by molar-refractivity contribution is 9.10. The predicted molar refractivity (Wildman–Crippen MR) is 120 cm³/mol. The van der Waals surface area contributed by atoms with Gasteiger partial charge in [0.05, 0.1) is 22.9 Å². The highest BCUT2D eigenvalue weighted by atomic mass is 79.9. The Hall–Kier alpha value is -2.06. The smallest absolute Gasteiger partial charge is 0.265 e. The molecule has 0 aliphatic carbocycles. The van der Waals surface area contributed by atoms with E-state index >= 15 is 0 Å². The second-order valence-electron chi connectivity index (χ2n) is 7.68. The number of fused-ring (bicyclic) bond motifs is 1. The van der Waals surface area contributed by atoms with E-state index in [4.69, 9.17) is 4.74 Å². The van der Waals surface area contributed by atoms with Crippen molar-refractivity contribution in [2.75, 3.05) is 36.8 Å². The van der Waals surface area contributed by atoms with E-state index in [1.165, 1.54) is 0 Å². The molecule has 0 bridgehead atoms. The van der Waals surface area contributed by atoms with E-state index in [9.17, 15) is 13.2 Å². The quantitative estimate of drug-likeness (QED) is 0.638. The Morgan fingerprint density at radius 3 is 2.47 bits per heavy atom. The molecule has 1 amide bonds. The largest absolute Gasteiger partial charge is 0.477 e. The Bertz CT molecular complexity index is 1000. The molecule has 160 valence electrons. The highest BCUT2D eigenvalue weighted by Gasteiger charge is 2.34. The molecular formula is C22H25BrN2O4S. The number of amides is 1. The summed E-state index contributed by atoms with van der Waals surface area (Å²) in [7, 11) is -3.44. The van der Waals surface area contributed by atoms with Gasteiger partial charge in [-0.25, -0.2) is 8.42 Å². The van der Waals surface area contributed by atoms with Gasteiger partial charge in [0.1, 0.15) is 5.75 Å². The van der Waals surface area contributed by atoms with Crippen LogP contribution in [0.1, 0.15) is 19.3 Å². The molecule has 0 spiro atoms. The average Bonchev–Trinajstić information content (AvgIpc) is 2.77. The average molecular weight is 493 g/mol. The third kappa shape index (κ3) is 4.64. The number of benzene rings is 2. The van der Waals surface area contributed by atoms with Crippen molar-refractivity contribution in [1.29, 1.82) is 0 Å². The molecule has 4 rings (SSSR count). The Balaban J connectivity index is 1.51. The van der Waals surface area contributed by atoms with E-state index < -0.39 is 15.9 Å². The number of sulfone groups is 1. The van der Waals surface area contributed by atoms with Crippen molar-refractivity contribution < 1.29 is 17.9 Å². The zero-order chi connectivity index (χ0) is 21.1. The summed E-state index contributed by atoms with van der Waals surface area (Å²) in [6.07, 6.45) is 2.57. The van der Waals surface area contributed by atoms with E-state index in [1.807, 2.05) is 34.1 Å². The van der Waals surface area contributed by atoms with Crippen LogP contribution >= 0.6 is 15.9 Å². The molecule has 2 aliphatic rings. The number of nitrogens with zero attached hydrogens (tertiary/aromatic N) is 2. The van der Waals surface area contributed by atoms with Gasteiger partial charge in [0, 0.05) is 24.1 Å². The van der Waals surface area contributed by atoms with Gasteiger partial charge in [0.2, 0.25) is 0 Å². The van der Waals surface area contributed by atoms with E-state index in [-0.39, 0.29) is 11.7 Å². The number of hydrogen-bond donors (Lipinski definition) is 0. The Morgan fingerprint density at radius 1 is 1.03 bits per heavy atom. The molecule has 1 atom stereocenters. The third-order valence-corrected chi connectivity index (χ3v) is 7.85. The lowest BCUT2D eigenvalue weighted by atomic mass is 10.1. The maximum atomic E-state index is 13.0. The van der Waals surface area contributed by atoms with Gasteiger partial charge in [-0.15, -0.1) is 0 Å². The number of anilines is 1. The fourth-order valence-corrected chi connectivity index (χ4v) is 5.47. The number of halogens is 1. The molecule has 2 aliphatic heterocycles. The number of para-hydroxylation sites is 2. The molecule has 1 saturated heterocycles. The van der Waals surface area contributed by atoms with Crippen LogP contribution in [-0.4, -0.2) is 57.3 Å². The SMILES string of the molecule is O=C(C1CN(CCS(=O)(=O)c2ccc(Br)cc2)c2ccccc2O1)N1CCCCC1. The normalized spacial score (nSPS) is 19.2. The van der Waals surface area contributed by atoms with Crippen LogP contribution in [0.2, 0.25) is 0 Å². The van der Waals surface area contributed by atoms with Gasteiger partial charge in [-0.3, -0.25) is 4.79 Å². The molecule has 0 aromatic heterocycles. The standard InChI is InChI=1S/C22H25BrN2O4S/c23-17-8-10-18(11-9-17)30(27,28)15-14-25-16-21(22(26)24-12-4-1-5-13-24)29-20-7-3-2-6-19(20)25/h2-3,6-11,21H,1,4-5,12-16H2. The van der Waals surface area contributed by atoms with Gasteiger partial charge in [0.25, 0.3) is 5.91 Å². The molecule has 2 heterocycles. The van der Waals surface area contributed by atoms with Crippen LogP contribution in [-0.2, 0) is 14.6 Å². The maximum absolute atomic E-state index is 13.0. The number of carbonyl (C=O) groups is 1. The van der Waals surface area contributed by atoms with Crippen LogP contribution in [0, 0.1) is 0 Å². The van der Waals surface area contributed by atoms with Gasteiger partial charge < -0.3 is 14.5 Å². The molecule has 8 heteroatoms. The van der Waals surface area contributed by atoms with Crippen molar-refractivity contribution in [3.05, 3.63) is 53.0 Å². The molecule has 2 aromatic rings. The zero-order valence-corrected chi connectivity index (χ0v) is 19.1. The molecule has 1 fully saturated rings. The molecule has 0 radical (unpaired) electrons. The summed E-state index contributed by atoms with van der Waals surface area (Å²) in [5.41, 5.74) is 0.825. The molecule has 0 saturated carbocycles. The monoisotopic (exact) mass is 492 g/mol. The first-order chi connectivity index (χ1) is 14.4. The summed E-state index contributed by atoms with van der Waals surface area (Å²) < 4.78 is 32.5. The minimum Gasteiger partial charge on any atom is -0.477 e. The third-order valence-electron chi connectivity index (χ3n) is 5.61.